The van der Waals surface area contributed by atoms with E-state index < -0.39 is 19.7 Å². The Bertz CT molecular complexity index is 300. The van der Waals surface area contributed by atoms with Gasteiger partial charge in [0.2, 0.25) is 0 Å². The van der Waals surface area contributed by atoms with Crippen LogP contribution in [0.3, 0.4) is 0 Å². The summed E-state index contributed by atoms with van der Waals surface area (Å²) in [5.41, 5.74) is -0.382. The van der Waals surface area contributed by atoms with E-state index in [-0.39, 0.29) is 5.57 Å². The summed E-state index contributed by atoms with van der Waals surface area (Å²) in [6.07, 6.45) is 0. The van der Waals surface area contributed by atoms with Crippen LogP contribution in [0.15, 0.2) is 9.15 Å². The van der Waals surface area contributed by atoms with E-state index in [0.29, 0.717) is 0 Å². The Balaban J connectivity index is 5.16. The summed E-state index contributed by atoms with van der Waals surface area (Å²) in [7, 11) is -4.35. The number of hydrogen-bond donors (Lipinski definition) is 2. The van der Waals surface area contributed by atoms with Crippen LogP contribution in [-0.4, -0.2) is 41.8 Å². The van der Waals surface area contributed by atoms with Gasteiger partial charge in [-0.25, -0.2) is 0 Å². The molecule has 7 heteroatoms. The molecule has 5 nitrogen and oxygen atoms in total. The predicted octanol–water partition coefficient (Wildman–Crippen LogP) is -0.641. The van der Waals surface area contributed by atoms with Crippen LogP contribution < -0.4 is 0 Å². The van der Waals surface area contributed by atoms with Crippen molar-refractivity contribution in [2.24, 2.45) is 0 Å². The summed E-state index contributed by atoms with van der Waals surface area (Å²) in [5.74, 6) is -1.36. The first-order valence-electron chi connectivity index (χ1n) is 2.65. The maximum atomic E-state index is 10.3. The number of carbonyl (C=O) groups is 1. The predicted molar refractivity (Wildman–Crippen MR) is 37.6 cm³/mol. The number of hydrogen-bond acceptors (Lipinski definition) is 3. The van der Waals surface area contributed by atoms with Crippen LogP contribution >= 0.6 is 0 Å². The van der Waals surface area contributed by atoms with Gasteiger partial charge in [0.15, 0.2) is 0 Å². The Morgan fingerprint density at radius 1 is 1.45 bits per heavy atom. The average Bonchev–Trinajstić information content (AvgIpc) is 1.82. The third-order valence-electron chi connectivity index (χ3n) is 1.24. The summed E-state index contributed by atoms with van der Waals surface area (Å²) in [6.45, 7) is 1.10. The number of carboxylic acids is 1. The molecule has 0 heterocycles. The molecule has 11 heavy (non-hydrogen) atoms. The maximum absolute atomic E-state index is 10.3. The second-order valence-electron chi connectivity index (χ2n) is 1.96. The quantitative estimate of drug-likeness (QED) is 0.328. The molecule has 0 radical (unpaired) electrons. The molecule has 0 aromatic heterocycles. The van der Waals surface area contributed by atoms with Crippen molar-refractivity contribution in [2.75, 3.05) is 0 Å². The number of aliphatic carboxylic acids is 1. The molecule has 2 N–H and O–H groups in total. The zero-order valence-corrected chi connectivity index (χ0v) is 6.84. The van der Waals surface area contributed by atoms with Gasteiger partial charge >= 0.3 is 72.7 Å². The fourth-order valence-corrected chi connectivity index (χ4v) is 0.818. The Morgan fingerprint density at radius 3 is 1.91 bits per heavy atom. The molecule has 0 aromatic carbocycles. The summed E-state index contributed by atoms with van der Waals surface area (Å²) in [4.78, 5) is 10.2. The second-order valence-corrected chi connectivity index (χ2v) is 3.52. The van der Waals surface area contributed by atoms with Crippen LogP contribution in [0, 0.1) is 0 Å². The monoisotopic (exact) mass is 172 g/mol. The molecule has 0 atom stereocenters. The molecule has 0 saturated carbocycles. The molecule has 0 aliphatic heterocycles. The van der Waals surface area contributed by atoms with Gasteiger partial charge < -0.3 is 0 Å². The molecule has 0 aliphatic carbocycles. The molecule has 0 unspecified atom stereocenters. The van der Waals surface area contributed by atoms with Gasteiger partial charge in [0.25, 0.3) is 0 Å². The summed E-state index contributed by atoms with van der Waals surface area (Å²) in [6, 6.07) is 0. The third-order valence-corrected chi connectivity index (χ3v) is 2.32. The zero-order valence-electron chi connectivity index (χ0n) is 6.03. The van der Waals surface area contributed by atoms with E-state index >= 15 is 0 Å². The number of carboxylic acid groups (broad SMARTS) is 1. The van der Waals surface area contributed by atoms with Crippen LogP contribution in [0.5, 0.6) is 0 Å². The van der Waals surface area contributed by atoms with Crippen molar-refractivity contribution in [1.29, 1.82) is 0 Å². The van der Waals surface area contributed by atoms with Crippen molar-refractivity contribution in [1.82, 2.24) is 0 Å². The minimum absolute atomic E-state index is 0.382. The van der Waals surface area contributed by atoms with Gasteiger partial charge in [-0.15, -0.1) is 0 Å². The first kappa shape index (κ1) is 10.7. The molecule has 0 fully saturated rings. The Morgan fingerprint density at radius 2 is 1.82 bits per heavy atom. The van der Waals surface area contributed by atoms with Crippen LogP contribution in [-0.2, 0) is 14.9 Å². The Hall–Kier alpha value is -0.283. The van der Waals surface area contributed by atoms with Crippen LogP contribution in [0.1, 0.15) is 6.92 Å². The molecule has 0 aliphatic rings. The van der Waals surface area contributed by atoms with Crippen molar-refractivity contribution in [2.45, 2.75) is 6.92 Å². The summed E-state index contributed by atoms with van der Waals surface area (Å²) < 4.78 is 28.4. The van der Waals surface area contributed by atoms with E-state index in [0.717, 1.165) is 24.6 Å². The third kappa shape index (κ3) is 3.08. The van der Waals surface area contributed by atoms with E-state index in [4.69, 9.17) is 9.66 Å². The van der Waals surface area contributed by atoms with E-state index in [1.54, 1.807) is 0 Å². The van der Waals surface area contributed by atoms with Gasteiger partial charge in [-0.2, -0.15) is 0 Å². The minimum atomic E-state index is -4.35. The summed E-state index contributed by atoms with van der Waals surface area (Å²) in [5, 5.41) is 8.28. The molecule has 0 bridgehead atoms. The fourth-order valence-electron chi connectivity index (χ4n) is 0.344. The average molecular weight is 172 g/mol. The van der Waals surface area contributed by atoms with E-state index in [1.165, 1.54) is 0 Å². The molecular weight excluding hydrogens is 167 g/mol. The van der Waals surface area contributed by atoms with Crippen LogP contribution in [0.4, 0.5) is 0 Å². The Kier molecular flexibility index (Phi) is 3.32. The van der Waals surface area contributed by atoms with Gasteiger partial charge in [-0.1, -0.05) is 0 Å². The van der Waals surface area contributed by atoms with E-state index in [9.17, 15) is 13.2 Å². The fraction of sp³-hybridized carbons (Fsp3) is 0.250. The second kappa shape index (κ2) is 3.41. The normalized spacial score (nSPS) is 14.2. The first-order valence-corrected chi connectivity index (χ1v) is 4.09. The van der Waals surface area contributed by atoms with Gasteiger partial charge in [0, 0.05) is 0 Å². The van der Waals surface area contributed by atoms with Crippen molar-refractivity contribution in [3.8, 4) is 0 Å². The molecule has 0 spiro atoms. The first-order chi connectivity index (χ1) is 4.76. The molecular formula is C4H5LiO5S. The Labute approximate surface area is 73.1 Å². The standard InChI is InChI=1S/C4H5O5S.Li/c1-3(4(5)6)2-10(7,8)9;/h1H3,(H,5,6)(H,7,8,9);. The summed E-state index contributed by atoms with van der Waals surface area (Å²) >= 11 is 1.03. The van der Waals surface area contributed by atoms with Crippen molar-refractivity contribution in [3.63, 3.8) is 0 Å². The van der Waals surface area contributed by atoms with Gasteiger partial charge in [0.1, 0.15) is 0 Å². The molecule has 0 rings (SSSR count). The van der Waals surface area contributed by atoms with Gasteiger partial charge in [-0.3, -0.25) is 0 Å². The van der Waals surface area contributed by atoms with Gasteiger partial charge in [0.05, 0.1) is 0 Å². The van der Waals surface area contributed by atoms with Gasteiger partial charge in [-0.05, 0) is 0 Å². The molecule has 58 valence electrons. The molecule has 0 saturated heterocycles. The zero-order chi connectivity index (χ0) is 9.23. The van der Waals surface area contributed by atoms with Crippen molar-refractivity contribution >= 4 is 33.8 Å². The van der Waals surface area contributed by atoms with Crippen LogP contribution in [0.25, 0.3) is 0 Å². The van der Waals surface area contributed by atoms with E-state index in [1.807, 2.05) is 0 Å². The molecule has 0 amide bonds. The van der Waals surface area contributed by atoms with Crippen LogP contribution in [0.2, 0.25) is 0 Å². The number of rotatable bonds is 2. The molecule has 0 aromatic rings. The topological polar surface area (TPSA) is 91.7 Å². The SMILES string of the molecule is [Li][C](=C(C)C(=O)O)S(=O)(=O)O. The van der Waals surface area contributed by atoms with E-state index in [2.05, 4.69) is 0 Å². The van der Waals surface area contributed by atoms with Crippen molar-refractivity contribution < 1.29 is 22.9 Å². The van der Waals surface area contributed by atoms with Crippen molar-refractivity contribution in [3.05, 3.63) is 9.15 Å².